The van der Waals surface area contributed by atoms with E-state index in [0.29, 0.717) is 18.5 Å². The highest BCUT2D eigenvalue weighted by molar-refractivity contribution is 6.03. The van der Waals surface area contributed by atoms with E-state index in [4.69, 9.17) is 5.11 Å². The lowest BCUT2D eigenvalue weighted by Crippen LogP contribution is -2.14. The van der Waals surface area contributed by atoms with E-state index in [1.165, 1.54) is 6.07 Å². The maximum Gasteiger partial charge on any atom is 0.336 e. The lowest BCUT2D eigenvalue weighted by atomic mass is 9.93. The van der Waals surface area contributed by atoms with Crippen LogP contribution in [0.3, 0.4) is 0 Å². The van der Waals surface area contributed by atoms with Crippen LogP contribution in [-0.4, -0.2) is 28.7 Å². The molecular weight excluding hydrogens is 222 g/mol. The van der Waals surface area contributed by atoms with Gasteiger partial charge < -0.3 is 15.5 Å². The van der Waals surface area contributed by atoms with Gasteiger partial charge in [-0.15, -0.1) is 0 Å². The maximum absolute atomic E-state index is 11.2. The molecule has 0 saturated carbocycles. The fraction of sp³-hybridized carbons (Fsp3) is 0.333. The number of carboxylic acids is 2. The summed E-state index contributed by atoms with van der Waals surface area (Å²) in [5.74, 6) is -2.36. The average Bonchev–Trinajstić information content (AvgIpc) is 2.51. The van der Waals surface area contributed by atoms with Crippen molar-refractivity contribution in [2.75, 3.05) is 6.54 Å². The molecule has 1 aliphatic rings. The molecule has 0 aliphatic carbocycles. The first kappa shape index (κ1) is 11.6. The molecule has 1 aromatic rings. The summed E-state index contributed by atoms with van der Waals surface area (Å²) >= 11 is 0. The molecule has 0 bridgehead atoms. The molecule has 0 radical (unpaired) electrons. The molecular formula is C12H13NO4. The average molecular weight is 235 g/mol. The monoisotopic (exact) mass is 235 g/mol. The Hall–Kier alpha value is -1.88. The SMILES string of the molecule is O=C(O)c1ccc2c(c1C(=O)O)CCCNC2. The molecule has 90 valence electrons. The highest BCUT2D eigenvalue weighted by atomic mass is 16.4. The van der Waals surface area contributed by atoms with Gasteiger partial charge in [0.2, 0.25) is 0 Å². The summed E-state index contributed by atoms with van der Waals surface area (Å²) in [4.78, 5) is 22.2. The Morgan fingerprint density at radius 1 is 1.18 bits per heavy atom. The van der Waals surface area contributed by atoms with Crippen LogP contribution in [0.25, 0.3) is 0 Å². The number of rotatable bonds is 2. The first-order valence-electron chi connectivity index (χ1n) is 5.43. The van der Waals surface area contributed by atoms with Crippen LogP contribution in [0.15, 0.2) is 12.1 Å². The first-order chi connectivity index (χ1) is 8.11. The number of carbonyl (C=O) groups is 2. The summed E-state index contributed by atoms with van der Waals surface area (Å²) in [7, 11) is 0. The van der Waals surface area contributed by atoms with E-state index >= 15 is 0 Å². The van der Waals surface area contributed by atoms with Crippen molar-refractivity contribution in [2.45, 2.75) is 19.4 Å². The van der Waals surface area contributed by atoms with Gasteiger partial charge in [0.25, 0.3) is 0 Å². The van der Waals surface area contributed by atoms with Crippen LogP contribution in [-0.2, 0) is 13.0 Å². The van der Waals surface area contributed by atoms with Gasteiger partial charge in [-0.05, 0) is 36.6 Å². The molecule has 1 heterocycles. The highest BCUT2D eigenvalue weighted by Crippen LogP contribution is 2.23. The number of carboxylic acid groups (broad SMARTS) is 2. The summed E-state index contributed by atoms with van der Waals surface area (Å²) in [6.07, 6.45) is 1.42. The van der Waals surface area contributed by atoms with Gasteiger partial charge in [-0.2, -0.15) is 0 Å². The van der Waals surface area contributed by atoms with Gasteiger partial charge >= 0.3 is 11.9 Å². The van der Waals surface area contributed by atoms with Gasteiger partial charge in [-0.25, -0.2) is 9.59 Å². The largest absolute Gasteiger partial charge is 0.478 e. The number of hydrogen-bond donors (Lipinski definition) is 3. The quantitative estimate of drug-likeness (QED) is 0.715. The van der Waals surface area contributed by atoms with Crippen molar-refractivity contribution in [1.82, 2.24) is 5.32 Å². The molecule has 0 aromatic heterocycles. The number of benzene rings is 1. The molecule has 0 fully saturated rings. The Balaban J connectivity index is 2.63. The van der Waals surface area contributed by atoms with Gasteiger partial charge in [0.05, 0.1) is 11.1 Å². The first-order valence-corrected chi connectivity index (χ1v) is 5.43. The van der Waals surface area contributed by atoms with Gasteiger partial charge in [0.1, 0.15) is 0 Å². The van der Waals surface area contributed by atoms with E-state index in [0.717, 1.165) is 18.5 Å². The van der Waals surface area contributed by atoms with Crippen molar-refractivity contribution in [3.8, 4) is 0 Å². The molecule has 1 aliphatic heterocycles. The molecule has 5 heteroatoms. The van der Waals surface area contributed by atoms with Gasteiger partial charge in [0, 0.05) is 6.54 Å². The molecule has 3 N–H and O–H groups in total. The molecule has 2 rings (SSSR count). The Kier molecular flexibility index (Phi) is 3.10. The summed E-state index contributed by atoms with van der Waals surface area (Å²) in [5, 5.41) is 21.4. The summed E-state index contributed by atoms with van der Waals surface area (Å²) in [5.41, 5.74) is 1.35. The van der Waals surface area contributed by atoms with E-state index in [9.17, 15) is 14.7 Å². The van der Waals surface area contributed by atoms with Crippen molar-refractivity contribution >= 4 is 11.9 Å². The van der Waals surface area contributed by atoms with Crippen molar-refractivity contribution in [3.05, 3.63) is 34.4 Å². The van der Waals surface area contributed by atoms with Crippen LogP contribution in [0.5, 0.6) is 0 Å². The summed E-state index contributed by atoms with van der Waals surface area (Å²) in [6.45, 7) is 1.41. The second kappa shape index (κ2) is 4.55. The van der Waals surface area contributed by atoms with E-state index < -0.39 is 11.9 Å². The number of hydrogen-bond acceptors (Lipinski definition) is 3. The summed E-state index contributed by atoms with van der Waals surface area (Å²) < 4.78 is 0. The molecule has 17 heavy (non-hydrogen) atoms. The van der Waals surface area contributed by atoms with Crippen LogP contribution in [0.4, 0.5) is 0 Å². The molecule has 1 aromatic carbocycles. The Morgan fingerprint density at radius 2 is 1.94 bits per heavy atom. The van der Waals surface area contributed by atoms with Crippen LogP contribution in [0.2, 0.25) is 0 Å². The normalized spacial score (nSPS) is 14.8. The Morgan fingerprint density at radius 3 is 2.59 bits per heavy atom. The minimum Gasteiger partial charge on any atom is -0.478 e. The molecule has 0 amide bonds. The highest BCUT2D eigenvalue weighted by Gasteiger charge is 2.23. The topological polar surface area (TPSA) is 86.6 Å². The van der Waals surface area contributed by atoms with Crippen molar-refractivity contribution in [1.29, 1.82) is 0 Å². The fourth-order valence-corrected chi connectivity index (χ4v) is 2.18. The minimum absolute atomic E-state index is 0.0568. The number of nitrogens with one attached hydrogen (secondary N) is 1. The van der Waals surface area contributed by atoms with E-state index in [2.05, 4.69) is 5.32 Å². The van der Waals surface area contributed by atoms with Crippen LogP contribution < -0.4 is 5.32 Å². The third-order valence-corrected chi connectivity index (χ3v) is 2.95. The molecule has 0 spiro atoms. The molecule has 5 nitrogen and oxygen atoms in total. The Bertz CT molecular complexity index is 482. The maximum atomic E-state index is 11.2. The number of fused-ring (bicyclic) bond motifs is 1. The zero-order valence-electron chi connectivity index (χ0n) is 9.19. The standard InChI is InChI=1S/C12H13NO4/c14-11(15)9-4-3-7-6-13-5-1-2-8(7)10(9)12(16)17/h3-4,13H,1-2,5-6H2,(H,14,15)(H,16,17). The molecule has 0 saturated heterocycles. The van der Waals surface area contributed by atoms with Crippen molar-refractivity contribution < 1.29 is 19.8 Å². The van der Waals surface area contributed by atoms with Gasteiger partial charge in [-0.1, -0.05) is 6.07 Å². The third kappa shape index (κ3) is 2.14. The minimum atomic E-state index is -1.19. The van der Waals surface area contributed by atoms with Crippen LogP contribution in [0.1, 0.15) is 38.3 Å². The van der Waals surface area contributed by atoms with E-state index in [1.807, 2.05) is 0 Å². The second-order valence-corrected chi connectivity index (χ2v) is 4.02. The van der Waals surface area contributed by atoms with Crippen molar-refractivity contribution in [3.63, 3.8) is 0 Å². The third-order valence-electron chi connectivity index (χ3n) is 2.95. The fourth-order valence-electron chi connectivity index (χ4n) is 2.18. The summed E-state index contributed by atoms with van der Waals surface area (Å²) in [6, 6.07) is 3.07. The van der Waals surface area contributed by atoms with Crippen LogP contribution >= 0.6 is 0 Å². The molecule has 0 atom stereocenters. The lowest BCUT2D eigenvalue weighted by molar-refractivity contribution is 0.0650. The smallest absolute Gasteiger partial charge is 0.336 e. The van der Waals surface area contributed by atoms with E-state index in [-0.39, 0.29) is 11.1 Å². The van der Waals surface area contributed by atoms with E-state index in [1.54, 1.807) is 6.07 Å². The van der Waals surface area contributed by atoms with Crippen LogP contribution in [0, 0.1) is 0 Å². The Labute approximate surface area is 98.1 Å². The zero-order chi connectivity index (χ0) is 12.4. The molecule has 0 unspecified atom stereocenters. The predicted molar refractivity (Wildman–Crippen MR) is 60.4 cm³/mol. The van der Waals surface area contributed by atoms with Crippen molar-refractivity contribution in [2.24, 2.45) is 0 Å². The van der Waals surface area contributed by atoms with Gasteiger partial charge in [0.15, 0.2) is 0 Å². The number of aromatic carboxylic acids is 2. The zero-order valence-corrected chi connectivity index (χ0v) is 9.19. The second-order valence-electron chi connectivity index (χ2n) is 4.02. The predicted octanol–water partition coefficient (Wildman–Crippen LogP) is 1.12. The van der Waals surface area contributed by atoms with Gasteiger partial charge in [-0.3, -0.25) is 0 Å². The lowest BCUT2D eigenvalue weighted by Gasteiger charge is -2.11.